The molecule has 1 saturated heterocycles. The predicted molar refractivity (Wildman–Crippen MR) is 116 cm³/mol. The standard InChI is InChI=1S/C23H24ClN3O3/c1-14(2)27(13-18-7-9-21(28)25-18)23(29)16-6-8-19-20(12-16)30-22(26-19)11-15-4-3-5-17(24)10-15/h3-6,8,10,12,14,18H,7,9,11,13H2,1-2H3,(H,25,28). The van der Waals surface area contributed by atoms with E-state index in [1.807, 2.05) is 44.2 Å². The van der Waals surface area contributed by atoms with Crippen LogP contribution in [0.1, 0.15) is 48.5 Å². The van der Waals surface area contributed by atoms with Gasteiger partial charge in [-0.1, -0.05) is 23.7 Å². The van der Waals surface area contributed by atoms with Gasteiger partial charge in [0.25, 0.3) is 5.91 Å². The molecule has 30 heavy (non-hydrogen) atoms. The monoisotopic (exact) mass is 425 g/mol. The van der Waals surface area contributed by atoms with Crippen molar-refractivity contribution < 1.29 is 14.0 Å². The molecule has 7 heteroatoms. The van der Waals surface area contributed by atoms with Crippen LogP contribution in [0.25, 0.3) is 11.1 Å². The molecule has 1 aliphatic heterocycles. The van der Waals surface area contributed by atoms with Gasteiger partial charge in [-0.15, -0.1) is 0 Å². The van der Waals surface area contributed by atoms with Crippen molar-refractivity contribution in [2.75, 3.05) is 6.54 Å². The number of rotatable bonds is 6. The average Bonchev–Trinajstić information content (AvgIpc) is 3.29. The van der Waals surface area contributed by atoms with E-state index >= 15 is 0 Å². The zero-order valence-corrected chi connectivity index (χ0v) is 17.8. The SMILES string of the molecule is CC(C)N(CC1CCC(=O)N1)C(=O)c1ccc2nc(Cc3cccc(Cl)c3)oc2c1. The highest BCUT2D eigenvalue weighted by Gasteiger charge is 2.27. The van der Waals surface area contributed by atoms with Crippen molar-refractivity contribution in [3.8, 4) is 0 Å². The normalized spacial score (nSPS) is 16.3. The van der Waals surface area contributed by atoms with Gasteiger partial charge in [0.05, 0.1) is 0 Å². The number of hydrogen-bond donors (Lipinski definition) is 1. The number of carbonyl (C=O) groups excluding carboxylic acids is 2. The molecule has 0 bridgehead atoms. The summed E-state index contributed by atoms with van der Waals surface area (Å²) in [6.45, 7) is 4.45. The van der Waals surface area contributed by atoms with Crippen LogP contribution in [0, 0.1) is 0 Å². The van der Waals surface area contributed by atoms with Crippen molar-refractivity contribution in [1.82, 2.24) is 15.2 Å². The lowest BCUT2D eigenvalue weighted by molar-refractivity contribution is -0.119. The fraction of sp³-hybridized carbons (Fsp3) is 0.348. The number of benzene rings is 2. The summed E-state index contributed by atoms with van der Waals surface area (Å²) in [6.07, 6.45) is 1.80. The first-order chi connectivity index (χ1) is 14.4. The number of aromatic nitrogens is 1. The molecule has 1 atom stereocenters. The molecule has 1 fully saturated rings. The van der Waals surface area contributed by atoms with Crippen molar-refractivity contribution in [2.45, 2.75) is 45.2 Å². The van der Waals surface area contributed by atoms with Crippen LogP contribution in [0.2, 0.25) is 5.02 Å². The Hall–Kier alpha value is -2.86. The topological polar surface area (TPSA) is 75.4 Å². The van der Waals surface area contributed by atoms with Crippen molar-refractivity contribution in [2.24, 2.45) is 0 Å². The maximum atomic E-state index is 13.2. The molecule has 1 N–H and O–H groups in total. The van der Waals surface area contributed by atoms with E-state index < -0.39 is 0 Å². The molecule has 2 amide bonds. The van der Waals surface area contributed by atoms with Crippen molar-refractivity contribution in [3.63, 3.8) is 0 Å². The number of amides is 2. The maximum absolute atomic E-state index is 13.2. The van der Waals surface area contributed by atoms with Gasteiger partial charge in [-0.2, -0.15) is 0 Å². The number of fused-ring (bicyclic) bond motifs is 1. The van der Waals surface area contributed by atoms with Crippen molar-refractivity contribution in [3.05, 3.63) is 64.5 Å². The number of hydrogen-bond acceptors (Lipinski definition) is 4. The van der Waals surface area contributed by atoms with E-state index in [1.165, 1.54) is 0 Å². The Balaban J connectivity index is 1.54. The maximum Gasteiger partial charge on any atom is 0.254 e. The molecule has 0 aliphatic carbocycles. The highest BCUT2D eigenvalue weighted by Crippen LogP contribution is 2.22. The van der Waals surface area contributed by atoms with Crippen LogP contribution in [-0.4, -0.2) is 40.3 Å². The highest BCUT2D eigenvalue weighted by molar-refractivity contribution is 6.30. The Labute approximate surface area is 180 Å². The van der Waals surface area contributed by atoms with Crippen LogP contribution in [0.5, 0.6) is 0 Å². The lowest BCUT2D eigenvalue weighted by atomic mass is 10.1. The number of halogens is 1. The summed E-state index contributed by atoms with van der Waals surface area (Å²) in [5, 5.41) is 3.60. The third kappa shape index (κ3) is 4.49. The highest BCUT2D eigenvalue weighted by atomic mass is 35.5. The predicted octanol–water partition coefficient (Wildman–Crippen LogP) is 4.20. The van der Waals surface area contributed by atoms with E-state index in [1.54, 1.807) is 17.0 Å². The van der Waals surface area contributed by atoms with Gasteiger partial charge in [0.1, 0.15) is 5.52 Å². The Morgan fingerprint density at radius 3 is 2.83 bits per heavy atom. The van der Waals surface area contributed by atoms with Gasteiger partial charge in [-0.25, -0.2) is 4.98 Å². The molecule has 0 radical (unpaired) electrons. The minimum absolute atomic E-state index is 0.00200. The first kappa shape index (κ1) is 20.4. The van der Waals surface area contributed by atoms with Crippen LogP contribution >= 0.6 is 11.6 Å². The van der Waals surface area contributed by atoms with E-state index in [2.05, 4.69) is 10.3 Å². The summed E-state index contributed by atoms with van der Waals surface area (Å²) in [5.74, 6) is 0.540. The summed E-state index contributed by atoms with van der Waals surface area (Å²) in [4.78, 5) is 31.0. The largest absolute Gasteiger partial charge is 0.440 e. The van der Waals surface area contributed by atoms with Gasteiger partial charge >= 0.3 is 0 Å². The number of oxazole rings is 1. The Morgan fingerprint density at radius 1 is 1.30 bits per heavy atom. The van der Waals surface area contributed by atoms with E-state index in [9.17, 15) is 9.59 Å². The second-order valence-corrected chi connectivity index (χ2v) is 8.39. The zero-order chi connectivity index (χ0) is 21.3. The second-order valence-electron chi connectivity index (χ2n) is 7.95. The molecule has 0 spiro atoms. The van der Waals surface area contributed by atoms with E-state index in [-0.39, 0.29) is 23.9 Å². The van der Waals surface area contributed by atoms with Crippen LogP contribution < -0.4 is 5.32 Å². The Bertz CT molecular complexity index is 1090. The molecule has 2 aromatic carbocycles. The fourth-order valence-corrected chi connectivity index (χ4v) is 3.96. The lowest BCUT2D eigenvalue weighted by Gasteiger charge is -2.29. The number of nitrogens with zero attached hydrogens (tertiary/aromatic N) is 2. The summed E-state index contributed by atoms with van der Waals surface area (Å²) >= 11 is 6.05. The number of nitrogens with one attached hydrogen (secondary N) is 1. The Morgan fingerprint density at radius 2 is 2.13 bits per heavy atom. The smallest absolute Gasteiger partial charge is 0.254 e. The van der Waals surface area contributed by atoms with Gasteiger partial charge in [0.2, 0.25) is 5.91 Å². The lowest BCUT2D eigenvalue weighted by Crippen LogP contribution is -2.45. The average molecular weight is 426 g/mol. The fourth-order valence-electron chi connectivity index (χ4n) is 3.75. The van der Waals surface area contributed by atoms with Crippen LogP contribution in [0.4, 0.5) is 0 Å². The second kappa shape index (κ2) is 8.48. The Kier molecular flexibility index (Phi) is 5.77. The van der Waals surface area contributed by atoms with Gasteiger partial charge < -0.3 is 14.6 Å². The summed E-state index contributed by atoms with van der Waals surface area (Å²) in [7, 11) is 0. The minimum Gasteiger partial charge on any atom is -0.440 e. The molecule has 1 unspecified atom stereocenters. The molecule has 0 saturated carbocycles. The molecular weight excluding hydrogens is 402 g/mol. The molecule has 1 aliphatic rings. The zero-order valence-electron chi connectivity index (χ0n) is 17.0. The summed E-state index contributed by atoms with van der Waals surface area (Å²) < 4.78 is 5.91. The van der Waals surface area contributed by atoms with Gasteiger partial charge in [0.15, 0.2) is 11.5 Å². The van der Waals surface area contributed by atoms with Crippen LogP contribution in [0.15, 0.2) is 46.9 Å². The molecule has 4 rings (SSSR count). The van der Waals surface area contributed by atoms with Gasteiger partial charge in [0, 0.05) is 42.1 Å². The minimum atomic E-state index is -0.0826. The van der Waals surface area contributed by atoms with Crippen LogP contribution in [-0.2, 0) is 11.2 Å². The third-order valence-electron chi connectivity index (χ3n) is 5.31. The number of carbonyl (C=O) groups is 2. The van der Waals surface area contributed by atoms with Crippen molar-refractivity contribution >= 4 is 34.5 Å². The molecule has 6 nitrogen and oxygen atoms in total. The third-order valence-corrected chi connectivity index (χ3v) is 5.55. The summed E-state index contributed by atoms with van der Waals surface area (Å²) in [5.41, 5.74) is 2.85. The molecule has 156 valence electrons. The molecule has 3 aromatic rings. The molecule has 1 aromatic heterocycles. The molecular formula is C23H24ClN3O3. The summed E-state index contributed by atoms with van der Waals surface area (Å²) in [6, 6.07) is 12.9. The van der Waals surface area contributed by atoms with E-state index in [4.69, 9.17) is 16.0 Å². The van der Waals surface area contributed by atoms with Gasteiger partial charge in [-0.05, 0) is 56.2 Å². The van der Waals surface area contributed by atoms with Gasteiger partial charge in [-0.3, -0.25) is 9.59 Å². The van der Waals surface area contributed by atoms with Crippen LogP contribution in [0.3, 0.4) is 0 Å². The first-order valence-corrected chi connectivity index (χ1v) is 10.5. The van der Waals surface area contributed by atoms with E-state index in [0.717, 1.165) is 12.0 Å². The van der Waals surface area contributed by atoms with Crippen molar-refractivity contribution in [1.29, 1.82) is 0 Å². The molecule has 2 heterocycles. The van der Waals surface area contributed by atoms with E-state index in [0.29, 0.717) is 47.0 Å². The quantitative estimate of drug-likeness (QED) is 0.642. The first-order valence-electron chi connectivity index (χ1n) is 10.1.